The van der Waals surface area contributed by atoms with Gasteiger partial charge in [-0.15, -0.1) is 0 Å². The van der Waals surface area contributed by atoms with Crippen LogP contribution in [0.2, 0.25) is 0 Å². The van der Waals surface area contributed by atoms with E-state index in [0.717, 1.165) is 30.7 Å². The van der Waals surface area contributed by atoms with Gasteiger partial charge in [0.25, 0.3) is 0 Å². The van der Waals surface area contributed by atoms with Gasteiger partial charge in [0.1, 0.15) is 0 Å². The van der Waals surface area contributed by atoms with Crippen molar-refractivity contribution in [1.29, 1.82) is 0 Å². The maximum absolute atomic E-state index is 4.06. The minimum atomic E-state index is 1.02. The fourth-order valence-electron chi connectivity index (χ4n) is 1.72. The quantitative estimate of drug-likeness (QED) is 0.834. The van der Waals surface area contributed by atoms with E-state index in [1.54, 1.807) is 18.6 Å². The van der Waals surface area contributed by atoms with Crippen molar-refractivity contribution in [2.45, 2.75) is 27.7 Å². The molecule has 2 aromatic rings. The van der Waals surface area contributed by atoms with Gasteiger partial charge in [-0.25, -0.2) is 0 Å². The van der Waals surface area contributed by atoms with E-state index < -0.39 is 0 Å². The summed E-state index contributed by atoms with van der Waals surface area (Å²) in [7, 11) is 0. The standard InChI is InChI=1S/C9H14N2.C5H4BrN.C4H11N/c1-3-11(4-2)9-6-5-7-10-8-9;6-5-2-1-3-7-4-5;1-3-5-4-2/h5-8H,3-4H2,1-2H3;1-4H;5H,3-4H2,1-2H3. The number of pyridine rings is 2. The monoisotopic (exact) mass is 380 g/mol. The van der Waals surface area contributed by atoms with Crippen molar-refractivity contribution in [3.63, 3.8) is 0 Å². The molecule has 1 N–H and O–H groups in total. The van der Waals surface area contributed by atoms with Crippen LogP contribution < -0.4 is 10.2 Å². The molecule has 2 rings (SSSR count). The molecule has 0 radical (unpaired) electrons. The predicted molar refractivity (Wildman–Crippen MR) is 104 cm³/mol. The highest BCUT2D eigenvalue weighted by Crippen LogP contribution is 2.09. The summed E-state index contributed by atoms with van der Waals surface area (Å²) in [4.78, 5) is 10.2. The van der Waals surface area contributed by atoms with Crippen LogP contribution >= 0.6 is 15.9 Å². The molecule has 0 atom stereocenters. The van der Waals surface area contributed by atoms with Gasteiger partial charge in [0.2, 0.25) is 0 Å². The van der Waals surface area contributed by atoms with Crippen LogP contribution in [-0.2, 0) is 0 Å². The van der Waals surface area contributed by atoms with E-state index in [0.29, 0.717) is 0 Å². The topological polar surface area (TPSA) is 41.1 Å². The minimum absolute atomic E-state index is 1.02. The summed E-state index contributed by atoms with van der Waals surface area (Å²) in [5.74, 6) is 0. The Morgan fingerprint density at radius 1 is 0.913 bits per heavy atom. The third kappa shape index (κ3) is 11.7. The third-order valence-electron chi connectivity index (χ3n) is 2.90. The highest BCUT2D eigenvalue weighted by atomic mass is 79.9. The van der Waals surface area contributed by atoms with Crippen LogP contribution in [0.4, 0.5) is 5.69 Å². The molecule has 2 heterocycles. The molecule has 0 saturated carbocycles. The molecular formula is C18H29BrN4. The summed E-state index contributed by atoms with van der Waals surface area (Å²) in [6, 6.07) is 7.87. The Hall–Kier alpha value is -1.46. The number of nitrogens with one attached hydrogen (secondary N) is 1. The number of nitrogens with zero attached hydrogens (tertiary/aromatic N) is 3. The second-order valence-corrected chi connectivity index (χ2v) is 5.43. The molecule has 0 unspecified atom stereocenters. The van der Waals surface area contributed by atoms with Crippen molar-refractivity contribution >= 4 is 21.6 Å². The van der Waals surface area contributed by atoms with Crippen molar-refractivity contribution in [2.24, 2.45) is 0 Å². The molecule has 128 valence electrons. The molecule has 0 fully saturated rings. The second kappa shape index (κ2) is 15.4. The lowest BCUT2D eigenvalue weighted by Gasteiger charge is -2.19. The zero-order valence-electron chi connectivity index (χ0n) is 14.7. The van der Waals surface area contributed by atoms with Crippen molar-refractivity contribution in [3.8, 4) is 0 Å². The van der Waals surface area contributed by atoms with E-state index in [1.807, 2.05) is 24.4 Å². The average molecular weight is 381 g/mol. The van der Waals surface area contributed by atoms with E-state index in [2.05, 4.69) is 69.9 Å². The highest BCUT2D eigenvalue weighted by molar-refractivity contribution is 9.10. The minimum Gasteiger partial charge on any atom is -0.371 e. The average Bonchev–Trinajstić information content (AvgIpc) is 2.60. The molecule has 0 amide bonds. The summed E-state index contributed by atoms with van der Waals surface area (Å²) in [5.41, 5.74) is 1.21. The number of halogens is 1. The lowest BCUT2D eigenvalue weighted by molar-refractivity contribution is 0.762. The van der Waals surface area contributed by atoms with Crippen LogP contribution in [0.3, 0.4) is 0 Å². The Morgan fingerprint density at radius 3 is 1.74 bits per heavy atom. The first-order valence-corrected chi connectivity index (χ1v) is 8.89. The zero-order chi connectivity index (χ0) is 17.3. The van der Waals surface area contributed by atoms with Gasteiger partial charge < -0.3 is 10.2 Å². The van der Waals surface area contributed by atoms with E-state index in [-0.39, 0.29) is 0 Å². The third-order valence-corrected chi connectivity index (χ3v) is 3.37. The maximum atomic E-state index is 4.06. The van der Waals surface area contributed by atoms with Gasteiger partial charge in [0.15, 0.2) is 0 Å². The van der Waals surface area contributed by atoms with Gasteiger partial charge in [-0.2, -0.15) is 0 Å². The van der Waals surface area contributed by atoms with Gasteiger partial charge in [0.05, 0.1) is 11.9 Å². The van der Waals surface area contributed by atoms with E-state index in [9.17, 15) is 0 Å². The summed E-state index contributed by atoms with van der Waals surface area (Å²) in [6.07, 6.45) is 7.19. The van der Waals surface area contributed by atoms with Crippen LogP contribution in [0, 0.1) is 0 Å². The Kier molecular flexibility index (Phi) is 14.5. The number of hydrogen-bond acceptors (Lipinski definition) is 4. The predicted octanol–water partition coefficient (Wildman–Crippen LogP) is 4.39. The van der Waals surface area contributed by atoms with Gasteiger partial charge >= 0.3 is 0 Å². The maximum Gasteiger partial charge on any atom is 0.0552 e. The number of anilines is 1. The number of aromatic nitrogens is 2. The van der Waals surface area contributed by atoms with Crippen molar-refractivity contribution in [1.82, 2.24) is 15.3 Å². The number of hydrogen-bond donors (Lipinski definition) is 1. The fourth-order valence-corrected chi connectivity index (χ4v) is 1.99. The van der Waals surface area contributed by atoms with Crippen LogP contribution in [0.5, 0.6) is 0 Å². The summed E-state index contributed by atoms with van der Waals surface area (Å²) >= 11 is 3.25. The molecule has 23 heavy (non-hydrogen) atoms. The van der Waals surface area contributed by atoms with Crippen molar-refractivity contribution in [2.75, 3.05) is 31.1 Å². The largest absolute Gasteiger partial charge is 0.371 e. The Labute approximate surface area is 149 Å². The highest BCUT2D eigenvalue weighted by Gasteiger charge is 1.98. The Morgan fingerprint density at radius 2 is 1.48 bits per heavy atom. The molecule has 0 bridgehead atoms. The molecule has 0 spiro atoms. The SMILES string of the molecule is Brc1cccnc1.CCN(CC)c1cccnc1.CCNCC. The molecule has 0 aliphatic heterocycles. The first-order valence-electron chi connectivity index (χ1n) is 8.10. The van der Waals surface area contributed by atoms with Crippen LogP contribution in [-0.4, -0.2) is 36.1 Å². The zero-order valence-corrected chi connectivity index (χ0v) is 16.3. The Balaban J connectivity index is 0.000000347. The van der Waals surface area contributed by atoms with Crippen molar-refractivity contribution in [3.05, 3.63) is 53.5 Å². The normalized spacial score (nSPS) is 9.09. The lowest BCUT2D eigenvalue weighted by Crippen LogP contribution is -2.21. The summed E-state index contributed by atoms with van der Waals surface area (Å²) in [5, 5.41) is 3.11. The van der Waals surface area contributed by atoms with Crippen LogP contribution in [0.1, 0.15) is 27.7 Å². The number of rotatable bonds is 5. The second-order valence-electron chi connectivity index (χ2n) is 4.51. The first kappa shape index (κ1) is 21.5. The van der Waals surface area contributed by atoms with Gasteiger partial charge in [0, 0.05) is 36.2 Å². The molecular weight excluding hydrogens is 352 g/mol. The van der Waals surface area contributed by atoms with Crippen LogP contribution in [0.15, 0.2) is 53.5 Å². The molecule has 4 nitrogen and oxygen atoms in total. The van der Waals surface area contributed by atoms with Gasteiger partial charge in [-0.05, 0) is 67.1 Å². The van der Waals surface area contributed by atoms with Crippen molar-refractivity contribution < 1.29 is 0 Å². The molecule has 2 aromatic heterocycles. The Bertz CT molecular complexity index is 459. The molecule has 5 heteroatoms. The fraction of sp³-hybridized carbons (Fsp3) is 0.444. The van der Waals surface area contributed by atoms with Gasteiger partial charge in [-0.1, -0.05) is 13.8 Å². The lowest BCUT2D eigenvalue weighted by atomic mass is 10.3. The molecule has 0 aliphatic rings. The molecule has 0 aliphatic carbocycles. The summed E-state index contributed by atoms with van der Waals surface area (Å²) < 4.78 is 1.02. The molecule has 0 saturated heterocycles. The van der Waals surface area contributed by atoms with E-state index in [1.165, 1.54) is 5.69 Å². The molecule has 0 aromatic carbocycles. The van der Waals surface area contributed by atoms with Gasteiger partial charge in [-0.3, -0.25) is 9.97 Å². The van der Waals surface area contributed by atoms with E-state index in [4.69, 9.17) is 0 Å². The van der Waals surface area contributed by atoms with Crippen LogP contribution in [0.25, 0.3) is 0 Å². The van der Waals surface area contributed by atoms with E-state index >= 15 is 0 Å². The summed E-state index contributed by atoms with van der Waals surface area (Å²) in [6.45, 7) is 12.8. The first-order chi connectivity index (χ1) is 11.2. The smallest absolute Gasteiger partial charge is 0.0552 e.